The van der Waals surface area contributed by atoms with Crippen molar-refractivity contribution in [2.24, 2.45) is 0 Å². The minimum Gasteiger partial charge on any atom is -0.287 e. The molecule has 2 aromatic carbocycles. The van der Waals surface area contributed by atoms with E-state index in [0.717, 1.165) is 20.8 Å². The number of Topliss-reactive ketones (excluding diaryl/α,β-unsaturated/α-hetero) is 1. The Kier molecular flexibility index (Phi) is 3.61. The van der Waals surface area contributed by atoms with Gasteiger partial charge in [-0.25, -0.2) is 0 Å². The molecule has 0 fully saturated rings. The Bertz CT molecular complexity index is 768. The van der Waals surface area contributed by atoms with Crippen molar-refractivity contribution in [2.75, 3.05) is 0 Å². The van der Waals surface area contributed by atoms with E-state index in [1.165, 1.54) is 0 Å². The van der Waals surface area contributed by atoms with Crippen LogP contribution in [0.4, 0.5) is 0 Å². The number of hydrogen-bond donors (Lipinski definition) is 0. The second-order valence-corrected chi connectivity index (χ2v) is 5.50. The summed E-state index contributed by atoms with van der Waals surface area (Å²) >= 11 is 3.53. The molecular formula is C17H13BrNO+. The van der Waals surface area contributed by atoms with Crippen LogP contribution in [0.15, 0.2) is 71.5 Å². The van der Waals surface area contributed by atoms with Gasteiger partial charge in [0, 0.05) is 26.9 Å². The van der Waals surface area contributed by atoms with E-state index in [1.54, 1.807) is 0 Å². The summed E-state index contributed by atoms with van der Waals surface area (Å²) in [4.78, 5) is 12.2. The molecule has 0 unspecified atom stereocenters. The molecule has 0 radical (unpaired) electrons. The maximum atomic E-state index is 12.2. The van der Waals surface area contributed by atoms with Crippen LogP contribution in [-0.4, -0.2) is 5.78 Å². The first kappa shape index (κ1) is 13.0. The van der Waals surface area contributed by atoms with E-state index in [4.69, 9.17) is 0 Å². The second-order valence-electron chi connectivity index (χ2n) is 4.65. The molecule has 0 saturated carbocycles. The van der Waals surface area contributed by atoms with Crippen LogP contribution in [0.1, 0.15) is 10.4 Å². The van der Waals surface area contributed by atoms with Crippen LogP contribution >= 0.6 is 15.9 Å². The highest BCUT2D eigenvalue weighted by molar-refractivity contribution is 9.10. The van der Waals surface area contributed by atoms with Crippen molar-refractivity contribution in [3.05, 3.63) is 77.0 Å². The SMILES string of the molecule is O=C(C[n+]1ccc2c(Br)cccc2c1)c1ccccc1. The number of carbonyl (C=O) groups excluding carboxylic acids is 1. The fourth-order valence-electron chi connectivity index (χ4n) is 2.21. The van der Waals surface area contributed by atoms with E-state index in [0.29, 0.717) is 6.54 Å². The van der Waals surface area contributed by atoms with Gasteiger partial charge in [-0.1, -0.05) is 52.3 Å². The topological polar surface area (TPSA) is 20.9 Å². The summed E-state index contributed by atoms with van der Waals surface area (Å²) in [6, 6.07) is 17.5. The number of halogens is 1. The molecule has 0 aliphatic heterocycles. The van der Waals surface area contributed by atoms with E-state index in [9.17, 15) is 4.79 Å². The molecular weight excluding hydrogens is 314 g/mol. The van der Waals surface area contributed by atoms with Gasteiger partial charge in [-0.05, 0) is 12.1 Å². The van der Waals surface area contributed by atoms with Crippen LogP contribution in [0.25, 0.3) is 10.8 Å². The van der Waals surface area contributed by atoms with Crippen molar-refractivity contribution >= 4 is 32.5 Å². The first-order valence-corrected chi connectivity index (χ1v) is 7.19. The first-order valence-electron chi connectivity index (χ1n) is 6.39. The summed E-state index contributed by atoms with van der Waals surface area (Å²) < 4.78 is 2.99. The van der Waals surface area contributed by atoms with Crippen molar-refractivity contribution in [1.29, 1.82) is 0 Å². The number of pyridine rings is 1. The maximum Gasteiger partial charge on any atom is 0.227 e. The lowest BCUT2D eigenvalue weighted by molar-refractivity contribution is -0.681. The number of nitrogens with zero attached hydrogens (tertiary/aromatic N) is 1. The second kappa shape index (κ2) is 5.55. The Morgan fingerprint density at radius 2 is 1.80 bits per heavy atom. The molecule has 3 aromatic rings. The molecule has 0 spiro atoms. The fourth-order valence-corrected chi connectivity index (χ4v) is 2.73. The maximum absolute atomic E-state index is 12.2. The molecule has 3 rings (SSSR count). The van der Waals surface area contributed by atoms with E-state index < -0.39 is 0 Å². The van der Waals surface area contributed by atoms with E-state index in [2.05, 4.69) is 15.9 Å². The summed E-state index contributed by atoms with van der Waals surface area (Å²) in [5, 5.41) is 2.26. The Balaban J connectivity index is 1.90. The molecule has 0 N–H and O–H groups in total. The Morgan fingerprint density at radius 1 is 1.00 bits per heavy atom. The summed E-state index contributed by atoms with van der Waals surface area (Å²) in [6.45, 7) is 0.354. The molecule has 0 atom stereocenters. The summed E-state index contributed by atoms with van der Waals surface area (Å²) in [5.74, 6) is 0.116. The summed E-state index contributed by atoms with van der Waals surface area (Å²) in [6.07, 6.45) is 3.94. The number of carbonyl (C=O) groups is 1. The van der Waals surface area contributed by atoms with Gasteiger partial charge in [0.15, 0.2) is 12.4 Å². The average Bonchev–Trinajstić information content (AvgIpc) is 2.48. The highest BCUT2D eigenvalue weighted by atomic mass is 79.9. The minimum absolute atomic E-state index is 0.116. The lowest BCUT2D eigenvalue weighted by atomic mass is 10.1. The zero-order valence-corrected chi connectivity index (χ0v) is 12.4. The van der Waals surface area contributed by atoms with Crippen molar-refractivity contribution in [3.8, 4) is 0 Å². The van der Waals surface area contributed by atoms with Gasteiger partial charge in [-0.15, -0.1) is 0 Å². The van der Waals surface area contributed by atoms with Gasteiger partial charge in [0.1, 0.15) is 0 Å². The van der Waals surface area contributed by atoms with Crippen LogP contribution in [0, 0.1) is 0 Å². The first-order chi connectivity index (χ1) is 9.74. The van der Waals surface area contributed by atoms with Crippen LogP contribution in [0.3, 0.4) is 0 Å². The Hall–Kier alpha value is -2.00. The van der Waals surface area contributed by atoms with Gasteiger partial charge in [-0.2, -0.15) is 4.57 Å². The molecule has 0 amide bonds. The highest BCUT2D eigenvalue weighted by Crippen LogP contribution is 2.21. The van der Waals surface area contributed by atoms with Gasteiger partial charge >= 0.3 is 0 Å². The number of fused-ring (bicyclic) bond motifs is 1. The van der Waals surface area contributed by atoms with Crippen LogP contribution in [0.5, 0.6) is 0 Å². The quantitative estimate of drug-likeness (QED) is 0.530. The largest absolute Gasteiger partial charge is 0.287 e. The number of aromatic nitrogens is 1. The van der Waals surface area contributed by atoms with Crippen molar-refractivity contribution in [1.82, 2.24) is 0 Å². The van der Waals surface area contributed by atoms with Crippen LogP contribution in [-0.2, 0) is 6.54 Å². The molecule has 0 saturated heterocycles. The lowest BCUT2D eigenvalue weighted by Crippen LogP contribution is -2.37. The highest BCUT2D eigenvalue weighted by Gasteiger charge is 2.12. The zero-order chi connectivity index (χ0) is 13.9. The third kappa shape index (κ3) is 2.63. The molecule has 3 heteroatoms. The van der Waals surface area contributed by atoms with Crippen LogP contribution in [0.2, 0.25) is 0 Å². The number of hydrogen-bond acceptors (Lipinski definition) is 1. The monoisotopic (exact) mass is 326 g/mol. The van der Waals surface area contributed by atoms with Gasteiger partial charge in [0.2, 0.25) is 12.3 Å². The van der Waals surface area contributed by atoms with E-state index >= 15 is 0 Å². The van der Waals surface area contributed by atoms with Gasteiger partial charge in [0.25, 0.3) is 0 Å². The van der Waals surface area contributed by atoms with Gasteiger partial charge in [-0.3, -0.25) is 4.79 Å². The van der Waals surface area contributed by atoms with Crippen LogP contribution < -0.4 is 4.57 Å². The fraction of sp³-hybridized carbons (Fsp3) is 0.0588. The van der Waals surface area contributed by atoms with E-state index in [-0.39, 0.29) is 5.78 Å². The predicted octanol–water partition coefficient (Wildman–Crippen LogP) is 3.77. The third-order valence-corrected chi connectivity index (χ3v) is 3.94. The van der Waals surface area contributed by atoms with E-state index in [1.807, 2.05) is 71.6 Å². The molecule has 0 bridgehead atoms. The standard InChI is InChI=1S/C17H13BrNO/c18-16-8-4-7-14-11-19(10-9-15(14)16)12-17(20)13-5-2-1-3-6-13/h1-11H,12H2/q+1. The molecule has 0 aliphatic rings. The number of ketones is 1. The van der Waals surface area contributed by atoms with Crippen molar-refractivity contribution in [2.45, 2.75) is 6.54 Å². The molecule has 1 aromatic heterocycles. The average molecular weight is 327 g/mol. The Morgan fingerprint density at radius 3 is 2.60 bits per heavy atom. The van der Waals surface area contributed by atoms with Gasteiger partial charge in [0.05, 0.1) is 0 Å². The molecule has 2 nitrogen and oxygen atoms in total. The Labute approximate surface area is 125 Å². The minimum atomic E-state index is 0.116. The lowest BCUT2D eigenvalue weighted by Gasteiger charge is -2.01. The normalized spacial score (nSPS) is 10.7. The zero-order valence-electron chi connectivity index (χ0n) is 10.8. The smallest absolute Gasteiger partial charge is 0.227 e. The number of benzene rings is 2. The third-order valence-electron chi connectivity index (χ3n) is 3.25. The van der Waals surface area contributed by atoms with Crippen molar-refractivity contribution in [3.63, 3.8) is 0 Å². The molecule has 98 valence electrons. The summed E-state index contributed by atoms with van der Waals surface area (Å²) in [5.41, 5.74) is 0.745. The molecule has 20 heavy (non-hydrogen) atoms. The number of rotatable bonds is 3. The van der Waals surface area contributed by atoms with Crippen molar-refractivity contribution < 1.29 is 9.36 Å². The summed E-state index contributed by atoms with van der Waals surface area (Å²) in [7, 11) is 0. The molecule has 1 heterocycles. The predicted molar refractivity (Wildman–Crippen MR) is 82.6 cm³/mol. The van der Waals surface area contributed by atoms with Gasteiger partial charge < -0.3 is 0 Å². The molecule has 0 aliphatic carbocycles.